The van der Waals surface area contributed by atoms with Crippen LogP contribution >= 0.6 is 23.5 Å². The average molecular weight is 152 g/mol. The second-order valence-corrected chi connectivity index (χ2v) is 3.47. The zero-order valence-corrected chi connectivity index (χ0v) is 6.89. The fourth-order valence-corrected chi connectivity index (χ4v) is 1.30. The molecule has 1 N–H and O–H groups in total. The third-order valence-electron chi connectivity index (χ3n) is 0.841. The molecule has 50 valence electrons. The van der Waals surface area contributed by atoms with Gasteiger partial charge in [-0.1, -0.05) is 0 Å². The fourth-order valence-electron chi connectivity index (χ4n) is 0.337. The van der Waals surface area contributed by atoms with E-state index in [1.165, 1.54) is 11.8 Å². The summed E-state index contributed by atoms with van der Waals surface area (Å²) in [4.78, 5) is 0. The van der Waals surface area contributed by atoms with Crippen molar-refractivity contribution < 1.29 is 5.11 Å². The molecule has 8 heavy (non-hydrogen) atoms. The first kappa shape index (κ1) is 8.66. The Labute approximate surface area is 59.2 Å². The molecule has 0 saturated heterocycles. The quantitative estimate of drug-likeness (QED) is 0.615. The highest BCUT2D eigenvalue weighted by Crippen LogP contribution is 2.09. The first-order valence-electron chi connectivity index (χ1n) is 2.51. The molecule has 0 saturated carbocycles. The van der Waals surface area contributed by atoms with Gasteiger partial charge < -0.3 is 5.11 Å². The van der Waals surface area contributed by atoms with Crippen molar-refractivity contribution in [1.29, 1.82) is 0 Å². The Balaban J connectivity index is 2.86. The molecule has 0 bridgehead atoms. The van der Waals surface area contributed by atoms with Crippen LogP contribution in [0.25, 0.3) is 0 Å². The lowest BCUT2D eigenvalue weighted by Gasteiger charge is -2.03. The highest BCUT2D eigenvalue weighted by molar-refractivity contribution is 7.99. The van der Waals surface area contributed by atoms with Crippen molar-refractivity contribution in [2.75, 3.05) is 18.3 Å². The van der Waals surface area contributed by atoms with Gasteiger partial charge in [0.15, 0.2) is 0 Å². The minimum atomic E-state index is -0.151. The topological polar surface area (TPSA) is 20.2 Å². The Morgan fingerprint density at radius 3 is 2.50 bits per heavy atom. The summed E-state index contributed by atoms with van der Waals surface area (Å²) in [6.45, 7) is 0. The first-order valence-corrected chi connectivity index (χ1v) is 5.19. The van der Waals surface area contributed by atoms with E-state index in [-0.39, 0.29) is 5.44 Å². The minimum absolute atomic E-state index is 0.151. The molecule has 0 aliphatic rings. The fraction of sp³-hybridized carbons (Fsp3) is 1.00. The second kappa shape index (κ2) is 5.79. The number of thioether (sulfide) groups is 2. The molecule has 0 amide bonds. The molecule has 0 rings (SSSR count). The van der Waals surface area contributed by atoms with E-state index in [0.717, 1.165) is 12.2 Å². The zero-order valence-electron chi connectivity index (χ0n) is 5.26. The molecule has 0 aromatic heterocycles. The van der Waals surface area contributed by atoms with E-state index in [1.54, 1.807) is 11.8 Å². The normalized spacial score (nSPS) is 13.9. The molecular formula is C5H12OS2. The molecular weight excluding hydrogens is 140 g/mol. The van der Waals surface area contributed by atoms with Crippen molar-refractivity contribution in [2.24, 2.45) is 0 Å². The number of rotatable bonds is 4. The molecule has 1 nitrogen and oxygen atoms in total. The predicted molar refractivity (Wildman–Crippen MR) is 42.5 cm³/mol. The summed E-state index contributed by atoms with van der Waals surface area (Å²) in [6, 6.07) is 0. The largest absolute Gasteiger partial charge is 0.382 e. The summed E-state index contributed by atoms with van der Waals surface area (Å²) in [5, 5.41) is 8.94. The lowest BCUT2D eigenvalue weighted by Crippen LogP contribution is -1.99. The van der Waals surface area contributed by atoms with Crippen molar-refractivity contribution in [3.8, 4) is 0 Å². The third kappa shape index (κ3) is 4.81. The van der Waals surface area contributed by atoms with E-state index >= 15 is 0 Å². The summed E-state index contributed by atoms with van der Waals surface area (Å²) in [5.74, 6) is 1.06. The number of hydrogen-bond acceptors (Lipinski definition) is 3. The van der Waals surface area contributed by atoms with E-state index < -0.39 is 0 Å². The Hall–Kier alpha value is 0.660. The maximum atomic E-state index is 8.94. The van der Waals surface area contributed by atoms with Crippen molar-refractivity contribution in [1.82, 2.24) is 0 Å². The van der Waals surface area contributed by atoms with Crippen molar-refractivity contribution in [3.63, 3.8) is 0 Å². The summed E-state index contributed by atoms with van der Waals surface area (Å²) < 4.78 is 0. The molecule has 0 aromatic rings. The smallest absolute Gasteiger partial charge is 0.0997 e. The highest BCUT2D eigenvalue weighted by atomic mass is 32.2. The summed E-state index contributed by atoms with van der Waals surface area (Å²) in [6.07, 6.45) is 4.88. The van der Waals surface area contributed by atoms with Gasteiger partial charge in [0.1, 0.15) is 0 Å². The average Bonchev–Trinajstić information content (AvgIpc) is 1.83. The van der Waals surface area contributed by atoms with Gasteiger partial charge >= 0.3 is 0 Å². The van der Waals surface area contributed by atoms with Crippen LogP contribution in [0.1, 0.15) is 6.42 Å². The summed E-state index contributed by atoms with van der Waals surface area (Å²) in [7, 11) is 0. The monoisotopic (exact) mass is 152 g/mol. The number of aliphatic hydroxyl groups excluding tert-OH is 1. The maximum absolute atomic E-state index is 8.94. The molecule has 3 heteroatoms. The van der Waals surface area contributed by atoms with Crippen LogP contribution in [0, 0.1) is 0 Å². The number of hydrogen-bond donors (Lipinski definition) is 1. The van der Waals surface area contributed by atoms with Crippen LogP contribution in [-0.2, 0) is 0 Å². The maximum Gasteiger partial charge on any atom is 0.0997 e. The van der Waals surface area contributed by atoms with Gasteiger partial charge in [-0.3, -0.25) is 0 Å². The Bertz CT molecular complexity index is 49.7. The van der Waals surface area contributed by atoms with Crippen molar-refractivity contribution in [3.05, 3.63) is 0 Å². The molecule has 1 unspecified atom stereocenters. The van der Waals surface area contributed by atoms with Crippen LogP contribution in [0.4, 0.5) is 0 Å². The Morgan fingerprint density at radius 2 is 2.12 bits per heavy atom. The van der Waals surface area contributed by atoms with Crippen LogP contribution in [0.5, 0.6) is 0 Å². The molecule has 0 heterocycles. The lowest BCUT2D eigenvalue weighted by molar-refractivity contribution is 0.261. The van der Waals surface area contributed by atoms with Crippen molar-refractivity contribution in [2.45, 2.75) is 11.9 Å². The van der Waals surface area contributed by atoms with E-state index in [2.05, 4.69) is 0 Å². The Morgan fingerprint density at radius 1 is 1.50 bits per heavy atom. The van der Waals surface area contributed by atoms with Crippen molar-refractivity contribution >= 4 is 23.5 Å². The first-order chi connectivity index (χ1) is 3.81. The summed E-state index contributed by atoms with van der Waals surface area (Å²) >= 11 is 3.28. The van der Waals surface area contributed by atoms with Crippen LogP contribution in [0.2, 0.25) is 0 Å². The van der Waals surface area contributed by atoms with E-state index in [0.29, 0.717) is 0 Å². The molecule has 0 aliphatic carbocycles. The van der Waals surface area contributed by atoms with Gasteiger partial charge in [-0.25, -0.2) is 0 Å². The summed E-state index contributed by atoms with van der Waals surface area (Å²) in [5.41, 5.74) is -0.151. The lowest BCUT2D eigenvalue weighted by atomic mass is 10.5. The van der Waals surface area contributed by atoms with Gasteiger partial charge in [0.25, 0.3) is 0 Å². The minimum Gasteiger partial charge on any atom is -0.382 e. The molecule has 0 aliphatic heterocycles. The van der Waals surface area contributed by atoms with E-state index in [4.69, 9.17) is 5.11 Å². The van der Waals surface area contributed by atoms with Gasteiger partial charge in [0, 0.05) is 0 Å². The SMILES string of the molecule is CSCCC(O)SC. The van der Waals surface area contributed by atoms with E-state index in [1.807, 2.05) is 12.5 Å². The highest BCUT2D eigenvalue weighted by Gasteiger charge is 1.97. The molecule has 0 spiro atoms. The van der Waals surface area contributed by atoms with Crippen LogP contribution in [-0.4, -0.2) is 28.8 Å². The third-order valence-corrected chi connectivity index (χ3v) is 2.26. The molecule has 1 atom stereocenters. The Kier molecular flexibility index (Phi) is 6.27. The van der Waals surface area contributed by atoms with Gasteiger partial charge in [-0.2, -0.15) is 11.8 Å². The van der Waals surface area contributed by atoms with Crippen LogP contribution in [0.15, 0.2) is 0 Å². The van der Waals surface area contributed by atoms with Crippen LogP contribution in [0.3, 0.4) is 0 Å². The standard InChI is InChI=1S/C5H12OS2/c1-7-4-3-5(6)8-2/h5-6H,3-4H2,1-2H3. The number of aliphatic hydroxyl groups is 1. The molecule has 0 radical (unpaired) electrons. The van der Waals surface area contributed by atoms with Gasteiger partial charge in [0.2, 0.25) is 0 Å². The van der Waals surface area contributed by atoms with Gasteiger partial charge in [-0.05, 0) is 24.7 Å². The van der Waals surface area contributed by atoms with Gasteiger partial charge in [-0.15, -0.1) is 11.8 Å². The van der Waals surface area contributed by atoms with Gasteiger partial charge in [0.05, 0.1) is 5.44 Å². The van der Waals surface area contributed by atoms with E-state index in [9.17, 15) is 0 Å². The predicted octanol–water partition coefficient (Wildman–Crippen LogP) is 1.42. The zero-order chi connectivity index (χ0) is 6.41. The van der Waals surface area contributed by atoms with Crippen LogP contribution < -0.4 is 0 Å². The second-order valence-electron chi connectivity index (χ2n) is 1.47. The molecule has 0 aromatic carbocycles. The molecule has 0 fully saturated rings.